The first-order chi connectivity index (χ1) is 11.1. The van der Waals surface area contributed by atoms with Crippen LogP contribution in [0.15, 0.2) is 35.4 Å². The molecule has 0 bridgehead atoms. The molecule has 2 N–H and O–H groups in total. The van der Waals surface area contributed by atoms with Crippen LogP contribution in [0.1, 0.15) is 21.6 Å². The van der Waals surface area contributed by atoms with Crippen LogP contribution < -0.4 is 5.11 Å². The molecule has 3 aromatic rings. The lowest BCUT2D eigenvalue weighted by Gasteiger charge is -2.05. The molecule has 0 aliphatic heterocycles. The Bertz CT molecular complexity index is 952. The number of carbonyl (C=O) groups is 1. The van der Waals surface area contributed by atoms with E-state index in [1.54, 1.807) is 24.3 Å². The van der Waals surface area contributed by atoms with E-state index >= 15 is 0 Å². The van der Waals surface area contributed by atoms with Gasteiger partial charge in [-0.2, -0.15) is 20.0 Å². The first-order valence-electron chi connectivity index (χ1n) is 6.61. The van der Waals surface area contributed by atoms with E-state index in [4.69, 9.17) is 12.2 Å². The summed E-state index contributed by atoms with van der Waals surface area (Å²) in [5.74, 6) is -0.854. The number of carboxylic acid groups (broad SMARTS) is 1. The summed E-state index contributed by atoms with van der Waals surface area (Å²) in [5, 5.41) is 29.0. The highest BCUT2D eigenvalue weighted by atomic mass is 32.1. The molecule has 116 valence electrons. The molecule has 0 saturated carbocycles. The molecule has 2 heterocycles. The van der Waals surface area contributed by atoms with Gasteiger partial charge in [-0.1, -0.05) is 24.3 Å². The van der Waals surface area contributed by atoms with E-state index in [0.717, 1.165) is 5.69 Å². The number of hydrogen-bond donors (Lipinski definition) is 2. The fourth-order valence-electron chi connectivity index (χ4n) is 2.01. The molecule has 1 aromatic carbocycles. The Hall–Kier alpha value is -3.07. The van der Waals surface area contributed by atoms with Crippen LogP contribution in [-0.2, 0) is 0 Å². The molecule has 0 aliphatic rings. The number of nitrogens with zero attached hydrogens (tertiary/aromatic N) is 4. The summed E-state index contributed by atoms with van der Waals surface area (Å²) in [5.41, 5.74) is 1.88. The number of carbonyl (C=O) groups excluding carboxylic acids is 1. The predicted octanol–water partition coefficient (Wildman–Crippen LogP) is 0.885. The number of benzene rings is 1. The van der Waals surface area contributed by atoms with Gasteiger partial charge < -0.3 is 9.90 Å². The average Bonchev–Trinajstić information content (AvgIpc) is 3.11. The van der Waals surface area contributed by atoms with Crippen molar-refractivity contribution >= 4 is 24.4 Å². The Balaban J connectivity index is 2.03. The predicted molar refractivity (Wildman–Crippen MR) is 83.5 cm³/mol. The SMILES string of the molecule is Cc1cc(-c2n[nH]c(=S)n2/N=C\c2ccccc2C(=O)[O-])n[nH]1. The van der Waals surface area contributed by atoms with Crippen molar-refractivity contribution in [2.45, 2.75) is 6.92 Å². The van der Waals surface area contributed by atoms with E-state index in [1.807, 2.05) is 6.92 Å². The molecule has 0 atom stereocenters. The van der Waals surface area contributed by atoms with Crippen LogP contribution in [0.25, 0.3) is 11.5 Å². The highest BCUT2D eigenvalue weighted by Gasteiger charge is 2.11. The van der Waals surface area contributed by atoms with Gasteiger partial charge in [-0.3, -0.25) is 5.10 Å². The molecule has 0 spiro atoms. The molecule has 0 fully saturated rings. The topological polar surface area (TPSA) is 115 Å². The van der Waals surface area contributed by atoms with Crippen molar-refractivity contribution in [3.8, 4) is 11.5 Å². The Kier molecular flexibility index (Phi) is 3.85. The zero-order valence-corrected chi connectivity index (χ0v) is 12.8. The van der Waals surface area contributed by atoms with Gasteiger partial charge in [0.2, 0.25) is 10.6 Å². The minimum Gasteiger partial charge on any atom is -0.545 e. The van der Waals surface area contributed by atoms with Crippen molar-refractivity contribution < 1.29 is 9.90 Å². The molecule has 9 heteroatoms. The average molecular weight is 327 g/mol. The van der Waals surface area contributed by atoms with Gasteiger partial charge >= 0.3 is 0 Å². The molecule has 0 unspecified atom stereocenters. The normalized spacial score (nSPS) is 11.2. The van der Waals surface area contributed by atoms with E-state index in [2.05, 4.69) is 25.5 Å². The summed E-state index contributed by atoms with van der Waals surface area (Å²) >= 11 is 5.14. The van der Waals surface area contributed by atoms with Crippen molar-refractivity contribution in [2.24, 2.45) is 5.10 Å². The van der Waals surface area contributed by atoms with Crippen LogP contribution in [0.3, 0.4) is 0 Å². The summed E-state index contributed by atoms with van der Waals surface area (Å²) in [6, 6.07) is 8.19. The zero-order valence-electron chi connectivity index (χ0n) is 12.0. The number of nitrogens with one attached hydrogen (secondary N) is 2. The van der Waals surface area contributed by atoms with E-state index in [-0.39, 0.29) is 10.3 Å². The van der Waals surface area contributed by atoms with Crippen molar-refractivity contribution in [2.75, 3.05) is 0 Å². The molecule has 3 rings (SSSR count). The van der Waals surface area contributed by atoms with Crippen LogP contribution in [-0.4, -0.2) is 37.3 Å². The highest BCUT2D eigenvalue weighted by molar-refractivity contribution is 7.71. The van der Waals surface area contributed by atoms with Crippen molar-refractivity contribution in [3.05, 3.63) is 51.9 Å². The lowest BCUT2D eigenvalue weighted by atomic mass is 10.1. The summed E-state index contributed by atoms with van der Waals surface area (Å²) in [6.07, 6.45) is 1.39. The quantitative estimate of drug-likeness (QED) is 0.545. The van der Waals surface area contributed by atoms with Gasteiger partial charge in [0, 0.05) is 16.8 Å². The second-order valence-electron chi connectivity index (χ2n) is 4.72. The Morgan fingerprint density at radius 3 is 2.83 bits per heavy atom. The molecule has 0 saturated heterocycles. The third-order valence-corrected chi connectivity index (χ3v) is 3.34. The number of hydrogen-bond acceptors (Lipinski definition) is 6. The second kappa shape index (κ2) is 5.97. The summed E-state index contributed by atoms with van der Waals surface area (Å²) < 4.78 is 1.64. The van der Waals surface area contributed by atoms with Crippen molar-refractivity contribution in [1.29, 1.82) is 0 Å². The van der Waals surface area contributed by atoms with E-state index in [0.29, 0.717) is 17.1 Å². The van der Waals surface area contributed by atoms with E-state index < -0.39 is 5.97 Å². The lowest BCUT2D eigenvalue weighted by molar-refractivity contribution is -0.255. The number of aromatic carboxylic acids is 1. The fraction of sp³-hybridized carbons (Fsp3) is 0.0714. The van der Waals surface area contributed by atoms with Crippen LogP contribution in [0.5, 0.6) is 0 Å². The number of aryl methyl sites for hydroxylation is 1. The molecule has 23 heavy (non-hydrogen) atoms. The number of aromatic amines is 2. The van der Waals surface area contributed by atoms with Gasteiger partial charge in [-0.25, -0.2) is 5.10 Å². The zero-order chi connectivity index (χ0) is 16.4. The highest BCUT2D eigenvalue weighted by Crippen LogP contribution is 2.15. The number of carboxylic acids is 1. The van der Waals surface area contributed by atoms with Crippen LogP contribution in [0, 0.1) is 11.7 Å². The standard InChI is InChI=1S/C14H12N6O2S/c1-8-6-11(17-16-8)12-18-19-14(23)20(12)15-7-9-4-2-3-5-10(9)13(21)22/h2-7H,1H3,(H,16,17)(H,19,23)(H,21,22)/p-1/b15-7-. The van der Waals surface area contributed by atoms with Gasteiger partial charge in [0.15, 0.2) is 0 Å². The maximum absolute atomic E-state index is 11.1. The van der Waals surface area contributed by atoms with Crippen molar-refractivity contribution in [3.63, 3.8) is 0 Å². The van der Waals surface area contributed by atoms with Gasteiger partial charge in [-0.15, -0.1) is 0 Å². The summed E-state index contributed by atoms with van der Waals surface area (Å²) in [4.78, 5) is 11.1. The number of H-pyrrole nitrogens is 2. The van der Waals surface area contributed by atoms with Crippen LogP contribution in [0.4, 0.5) is 0 Å². The maximum Gasteiger partial charge on any atom is 0.216 e. The van der Waals surface area contributed by atoms with Gasteiger partial charge in [0.1, 0.15) is 5.69 Å². The minimum atomic E-state index is -1.27. The Morgan fingerprint density at radius 1 is 1.35 bits per heavy atom. The van der Waals surface area contributed by atoms with Crippen LogP contribution in [0.2, 0.25) is 0 Å². The monoisotopic (exact) mass is 327 g/mol. The largest absolute Gasteiger partial charge is 0.545 e. The molecule has 0 radical (unpaired) electrons. The third-order valence-electron chi connectivity index (χ3n) is 3.08. The van der Waals surface area contributed by atoms with Crippen molar-refractivity contribution in [1.82, 2.24) is 25.1 Å². The second-order valence-corrected chi connectivity index (χ2v) is 5.11. The van der Waals surface area contributed by atoms with Gasteiger partial charge in [0.05, 0.1) is 12.2 Å². The first-order valence-corrected chi connectivity index (χ1v) is 7.01. The minimum absolute atomic E-state index is 0.0448. The van der Waals surface area contributed by atoms with E-state index in [9.17, 15) is 9.90 Å². The smallest absolute Gasteiger partial charge is 0.216 e. The third kappa shape index (κ3) is 2.94. The van der Waals surface area contributed by atoms with Crippen LogP contribution >= 0.6 is 12.2 Å². The lowest BCUT2D eigenvalue weighted by Crippen LogP contribution is -2.23. The number of aromatic nitrogens is 5. The molecule has 2 aromatic heterocycles. The molecule has 0 amide bonds. The van der Waals surface area contributed by atoms with Gasteiger partial charge in [0.25, 0.3) is 0 Å². The molecular formula is C14H11N6O2S-. The summed E-state index contributed by atoms with van der Waals surface area (Å²) in [7, 11) is 0. The molecule has 8 nitrogen and oxygen atoms in total. The molecule has 0 aliphatic carbocycles. The Labute approximate surface area is 135 Å². The van der Waals surface area contributed by atoms with E-state index in [1.165, 1.54) is 17.0 Å². The summed E-state index contributed by atoms with van der Waals surface area (Å²) in [6.45, 7) is 1.86. The fourth-order valence-corrected chi connectivity index (χ4v) is 2.19. The van der Waals surface area contributed by atoms with Gasteiger partial charge in [-0.05, 0) is 25.2 Å². The first kappa shape index (κ1) is 14.9. The number of rotatable bonds is 4. The Morgan fingerprint density at radius 2 is 2.13 bits per heavy atom. The molecular weight excluding hydrogens is 316 g/mol. The maximum atomic E-state index is 11.1.